The average molecular weight is 277 g/mol. The molecule has 1 aliphatic carbocycles. The number of hydrogen-bond donors (Lipinski definition) is 2. The summed E-state index contributed by atoms with van der Waals surface area (Å²) in [5.74, 6) is 1.49. The number of hydrogen-bond acceptors (Lipinski definition) is 4. The van der Waals surface area contributed by atoms with E-state index in [1.54, 1.807) is 0 Å². The van der Waals surface area contributed by atoms with Gasteiger partial charge in [-0.1, -0.05) is 12.2 Å². The van der Waals surface area contributed by atoms with Crippen LogP contribution in [0.15, 0.2) is 28.9 Å². The van der Waals surface area contributed by atoms with Crippen molar-refractivity contribution in [3.05, 3.63) is 23.9 Å². The third kappa shape index (κ3) is 2.05. The molecule has 3 unspecified atom stereocenters. The van der Waals surface area contributed by atoms with Gasteiger partial charge in [-0.2, -0.15) is 0 Å². The molecule has 1 amide bonds. The zero-order chi connectivity index (χ0) is 13.3. The maximum atomic E-state index is 12.3. The van der Waals surface area contributed by atoms with Crippen LogP contribution in [0.2, 0.25) is 0 Å². The first-order valence-electron chi connectivity index (χ1n) is 6.79. The van der Waals surface area contributed by atoms with Gasteiger partial charge in [0.1, 0.15) is 0 Å². The molecule has 1 spiro atoms. The van der Waals surface area contributed by atoms with Gasteiger partial charge in [0.2, 0.25) is 5.91 Å². The lowest BCUT2D eigenvalue weighted by atomic mass is 9.73. The summed E-state index contributed by atoms with van der Waals surface area (Å²) in [6.07, 6.45) is 10.2. The zero-order valence-electron chi connectivity index (χ0n) is 10.8. The Balaban J connectivity index is 1.83. The molecule has 0 radical (unpaired) electrons. The molecule has 0 aromatic rings. The highest BCUT2D eigenvalue weighted by Crippen LogP contribution is 2.56. The van der Waals surface area contributed by atoms with Crippen LogP contribution in [0.1, 0.15) is 12.8 Å². The second-order valence-corrected chi connectivity index (χ2v) is 6.58. The molecule has 0 aromatic heterocycles. The molecule has 3 aliphatic rings. The maximum Gasteiger partial charge on any atom is 0.224 e. The van der Waals surface area contributed by atoms with E-state index in [1.807, 2.05) is 18.0 Å². The number of carbonyl (C=O) groups excluding carboxylic acids is 1. The van der Waals surface area contributed by atoms with Gasteiger partial charge in [0.25, 0.3) is 0 Å². The number of nitrogens with two attached hydrogens (primary N) is 1. The van der Waals surface area contributed by atoms with Gasteiger partial charge >= 0.3 is 0 Å². The van der Waals surface area contributed by atoms with Crippen molar-refractivity contribution in [3.8, 4) is 0 Å². The number of thioether (sulfide) groups is 1. The lowest BCUT2D eigenvalue weighted by molar-refractivity contribution is -0.125. The molecule has 0 bridgehead atoms. The van der Waals surface area contributed by atoms with Crippen molar-refractivity contribution >= 4 is 23.9 Å². The van der Waals surface area contributed by atoms with Crippen molar-refractivity contribution in [2.75, 3.05) is 18.8 Å². The minimum Gasteiger partial charge on any atom is -0.355 e. The molecule has 2 aliphatic heterocycles. The van der Waals surface area contributed by atoms with Crippen LogP contribution in [-0.2, 0) is 4.79 Å². The van der Waals surface area contributed by atoms with Gasteiger partial charge in [-0.3, -0.25) is 9.79 Å². The van der Waals surface area contributed by atoms with E-state index in [2.05, 4.69) is 28.5 Å². The molecule has 3 atom stereocenters. The Hall–Kier alpha value is -1.07. The van der Waals surface area contributed by atoms with Crippen LogP contribution in [0.4, 0.5) is 0 Å². The van der Waals surface area contributed by atoms with Crippen molar-refractivity contribution in [2.45, 2.75) is 17.6 Å². The Morgan fingerprint density at radius 1 is 1.63 bits per heavy atom. The van der Waals surface area contributed by atoms with E-state index in [4.69, 9.17) is 5.73 Å². The van der Waals surface area contributed by atoms with Crippen LogP contribution < -0.4 is 11.1 Å². The Morgan fingerprint density at radius 2 is 2.53 bits per heavy atom. The van der Waals surface area contributed by atoms with Gasteiger partial charge < -0.3 is 11.1 Å². The quantitative estimate of drug-likeness (QED) is 0.811. The lowest BCUT2D eigenvalue weighted by Crippen LogP contribution is -2.44. The highest BCUT2D eigenvalue weighted by Gasteiger charge is 2.54. The van der Waals surface area contributed by atoms with Gasteiger partial charge in [-0.25, -0.2) is 0 Å². The van der Waals surface area contributed by atoms with Gasteiger partial charge in [0.05, 0.1) is 16.4 Å². The number of carbonyl (C=O) groups is 1. The van der Waals surface area contributed by atoms with Crippen LogP contribution in [0, 0.1) is 11.8 Å². The van der Waals surface area contributed by atoms with E-state index in [0.717, 1.165) is 24.3 Å². The second-order valence-electron chi connectivity index (χ2n) is 5.22. The summed E-state index contributed by atoms with van der Waals surface area (Å²) in [6, 6.07) is 0. The first kappa shape index (κ1) is 12.9. The molecule has 1 fully saturated rings. The van der Waals surface area contributed by atoms with E-state index >= 15 is 0 Å². The lowest BCUT2D eigenvalue weighted by Gasteiger charge is -2.39. The van der Waals surface area contributed by atoms with Crippen LogP contribution in [0.25, 0.3) is 0 Å². The van der Waals surface area contributed by atoms with E-state index in [9.17, 15) is 4.79 Å². The maximum absolute atomic E-state index is 12.3. The molecular weight excluding hydrogens is 258 g/mol. The fraction of sp³-hybridized carbons (Fsp3) is 0.571. The number of aliphatic imine (C=N–C) groups is 1. The minimum absolute atomic E-state index is 0.0359. The van der Waals surface area contributed by atoms with Crippen molar-refractivity contribution in [1.82, 2.24) is 5.32 Å². The molecule has 5 heteroatoms. The first-order chi connectivity index (χ1) is 9.28. The molecule has 3 N–H and O–H groups in total. The summed E-state index contributed by atoms with van der Waals surface area (Å²) in [7, 11) is 0. The molecular formula is C14H19N3OS. The molecule has 1 saturated heterocycles. The zero-order valence-corrected chi connectivity index (χ0v) is 11.7. The third-order valence-electron chi connectivity index (χ3n) is 4.22. The van der Waals surface area contributed by atoms with Crippen molar-refractivity contribution < 1.29 is 4.79 Å². The van der Waals surface area contributed by atoms with Crippen molar-refractivity contribution in [2.24, 2.45) is 22.6 Å². The van der Waals surface area contributed by atoms with Gasteiger partial charge in [0.15, 0.2) is 0 Å². The average Bonchev–Trinajstić information content (AvgIpc) is 2.82. The number of allylic oxidation sites excluding steroid dienone is 3. The predicted molar refractivity (Wildman–Crippen MR) is 79.2 cm³/mol. The third-order valence-corrected chi connectivity index (χ3v) is 5.94. The molecule has 0 saturated carbocycles. The number of nitrogens with one attached hydrogen (secondary N) is 1. The summed E-state index contributed by atoms with van der Waals surface area (Å²) >= 11 is 1.90. The summed E-state index contributed by atoms with van der Waals surface area (Å²) in [5.41, 5.74) is 6.60. The monoisotopic (exact) mass is 277 g/mol. The summed E-state index contributed by atoms with van der Waals surface area (Å²) in [4.78, 5) is 16.8. The van der Waals surface area contributed by atoms with E-state index in [1.165, 1.54) is 0 Å². The fourth-order valence-electron chi connectivity index (χ4n) is 3.27. The van der Waals surface area contributed by atoms with Gasteiger partial charge in [0, 0.05) is 25.1 Å². The first-order valence-corrected chi connectivity index (χ1v) is 7.78. The molecule has 2 heterocycles. The Bertz CT molecular complexity index is 471. The molecule has 4 nitrogen and oxygen atoms in total. The molecule has 102 valence electrons. The van der Waals surface area contributed by atoms with Crippen LogP contribution in [0.5, 0.6) is 0 Å². The number of rotatable bonds is 3. The fourth-order valence-corrected chi connectivity index (χ4v) is 5.08. The second kappa shape index (κ2) is 5.13. The number of nitrogens with zero attached hydrogens (tertiary/aromatic N) is 1. The summed E-state index contributed by atoms with van der Waals surface area (Å²) in [5, 5.41) is 2.94. The SMILES string of the molecule is NCCNC(=O)C1CSC23CC=CC=C2N=CCC13. The molecule has 0 aromatic carbocycles. The number of amides is 1. The standard InChI is InChI=1S/C14H19N3OS/c15-6-8-17-13(18)10-9-19-14-5-2-1-3-12(14)16-7-4-11(10)14/h1-3,7,10-11H,4-6,8-9,15H2,(H,17,18). The molecule has 19 heavy (non-hydrogen) atoms. The van der Waals surface area contributed by atoms with Crippen LogP contribution in [0.3, 0.4) is 0 Å². The summed E-state index contributed by atoms with van der Waals surface area (Å²) < 4.78 is 0.0359. The summed E-state index contributed by atoms with van der Waals surface area (Å²) in [6.45, 7) is 1.06. The van der Waals surface area contributed by atoms with Gasteiger partial charge in [-0.05, 0) is 24.8 Å². The Morgan fingerprint density at radius 3 is 3.37 bits per heavy atom. The van der Waals surface area contributed by atoms with E-state index in [0.29, 0.717) is 19.0 Å². The minimum atomic E-state index is 0.0359. The smallest absolute Gasteiger partial charge is 0.224 e. The highest BCUT2D eigenvalue weighted by molar-refractivity contribution is 8.01. The van der Waals surface area contributed by atoms with Crippen molar-refractivity contribution in [3.63, 3.8) is 0 Å². The van der Waals surface area contributed by atoms with Crippen LogP contribution >= 0.6 is 11.8 Å². The molecule has 3 rings (SSSR count). The Kier molecular flexibility index (Phi) is 3.50. The highest BCUT2D eigenvalue weighted by atomic mass is 32.2. The van der Waals surface area contributed by atoms with Crippen molar-refractivity contribution in [1.29, 1.82) is 0 Å². The topological polar surface area (TPSA) is 67.5 Å². The largest absolute Gasteiger partial charge is 0.355 e. The van der Waals surface area contributed by atoms with Gasteiger partial charge in [-0.15, -0.1) is 11.8 Å². The van der Waals surface area contributed by atoms with E-state index < -0.39 is 0 Å². The van der Waals surface area contributed by atoms with Crippen LogP contribution in [-0.4, -0.2) is 35.7 Å². The normalized spacial score (nSPS) is 35.5. The predicted octanol–water partition coefficient (Wildman–Crippen LogP) is 1.10. The van der Waals surface area contributed by atoms with E-state index in [-0.39, 0.29) is 16.6 Å². The Labute approximate surface area is 117 Å².